The van der Waals surface area contributed by atoms with Gasteiger partial charge < -0.3 is 10.4 Å². The molecular weight excluding hydrogens is 362 g/mol. The molecule has 5 nitrogen and oxygen atoms in total. The topological polar surface area (TPSA) is 83.5 Å². The highest BCUT2D eigenvalue weighted by atomic mass is 32.2. The van der Waals surface area contributed by atoms with Gasteiger partial charge in [-0.1, -0.05) is 48.5 Å². The highest BCUT2D eigenvalue weighted by molar-refractivity contribution is 7.85. The number of carboxylic acid groups (broad SMARTS) is 1. The summed E-state index contributed by atoms with van der Waals surface area (Å²) in [5.74, 6) is -1.45. The summed E-state index contributed by atoms with van der Waals surface area (Å²) in [6, 6.07) is 20.6. The Kier molecular flexibility index (Phi) is 5.98. The van der Waals surface area contributed by atoms with Crippen molar-refractivity contribution in [3.8, 4) is 0 Å². The van der Waals surface area contributed by atoms with Crippen LogP contribution in [-0.2, 0) is 15.6 Å². The number of nitrogens with one attached hydrogen (secondary N) is 1. The zero-order valence-electron chi connectivity index (χ0n) is 14.5. The SMILES string of the molecule is O=C(N[C@H](CC[S@](=O)c1ccccc1)C(=O)O)c1ccc2ccccc2c1. The largest absolute Gasteiger partial charge is 0.480 e. The molecule has 0 bridgehead atoms. The minimum Gasteiger partial charge on any atom is -0.480 e. The van der Waals surface area contributed by atoms with E-state index in [1.54, 1.807) is 36.4 Å². The lowest BCUT2D eigenvalue weighted by Gasteiger charge is -2.14. The van der Waals surface area contributed by atoms with Gasteiger partial charge in [-0.2, -0.15) is 0 Å². The number of aliphatic carboxylic acids is 1. The molecule has 0 fully saturated rings. The zero-order valence-corrected chi connectivity index (χ0v) is 15.3. The fraction of sp³-hybridized carbons (Fsp3) is 0.143. The predicted octanol–water partition coefficient (Wildman–Crippen LogP) is 3.22. The van der Waals surface area contributed by atoms with Crippen molar-refractivity contribution >= 4 is 33.4 Å². The molecule has 0 aliphatic carbocycles. The average Bonchev–Trinajstić information content (AvgIpc) is 2.70. The Morgan fingerprint density at radius 2 is 1.59 bits per heavy atom. The van der Waals surface area contributed by atoms with Gasteiger partial charge in [0.15, 0.2) is 0 Å². The quantitative estimate of drug-likeness (QED) is 0.658. The standard InChI is InChI=1S/C21H19NO4S/c23-20(17-11-10-15-6-4-5-7-16(15)14-17)22-19(21(24)25)12-13-27(26)18-8-2-1-3-9-18/h1-11,14,19H,12-13H2,(H,22,23)(H,24,25)/t19-,27+/m1/s1. The average molecular weight is 381 g/mol. The van der Waals surface area contributed by atoms with Crippen LogP contribution in [-0.4, -0.2) is 33.0 Å². The predicted molar refractivity (Wildman–Crippen MR) is 105 cm³/mol. The Hall–Kier alpha value is -2.99. The summed E-state index contributed by atoms with van der Waals surface area (Å²) in [6.45, 7) is 0. The van der Waals surface area contributed by atoms with Crippen molar-refractivity contribution in [1.82, 2.24) is 5.32 Å². The van der Waals surface area contributed by atoms with Crippen LogP contribution < -0.4 is 5.32 Å². The maximum absolute atomic E-state index is 12.5. The summed E-state index contributed by atoms with van der Waals surface area (Å²) in [4.78, 5) is 24.6. The van der Waals surface area contributed by atoms with E-state index in [9.17, 15) is 18.9 Å². The molecule has 0 heterocycles. The number of amides is 1. The molecular formula is C21H19NO4S. The molecule has 138 valence electrons. The molecule has 0 saturated heterocycles. The number of benzene rings is 3. The van der Waals surface area contributed by atoms with Gasteiger partial charge >= 0.3 is 5.97 Å². The molecule has 3 rings (SSSR count). The Labute approximate surface area is 159 Å². The van der Waals surface area contributed by atoms with Gasteiger partial charge in [0, 0.05) is 16.2 Å². The van der Waals surface area contributed by atoms with Gasteiger partial charge in [-0.15, -0.1) is 0 Å². The number of carbonyl (C=O) groups excluding carboxylic acids is 1. The van der Waals surface area contributed by atoms with E-state index in [1.807, 2.05) is 36.4 Å². The number of fused-ring (bicyclic) bond motifs is 1. The van der Waals surface area contributed by atoms with Gasteiger partial charge in [-0.25, -0.2) is 4.79 Å². The third kappa shape index (κ3) is 4.80. The van der Waals surface area contributed by atoms with Crippen LogP contribution in [0.1, 0.15) is 16.8 Å². The van der Waals surface area contributed by atoms with Gasteiger partial charge in [0.05, 0.1) is 10.8 Å². The molecule has 0 aliphatic heterocycles. The first kappa shape index (κ1) is 18.8. The number of hydrogen-bond donors (Lipinski definition) is 2. The van der Waals surface area contributed by atoms with Crippen LogP contribution in [0.4, 0.5) is 0 Å². The summed E-state index contributed by atoms with van der Waals surface area (Å²) >= 11 is 0. The maximum atomic E-state index is 12.5. The first-order valence-electron chi connectivity index (χ1n) is 8.50. The molecule has 2 N–H and O–H groups in total. The van der Waals surface area contributed by atoms with Gasteiger partial charge in [0.1, 0.15) is 6.04 Å². The summed E-state index contributed by atoms with van der Waals surface area (Å²) < 4.78 is 12.3. The van der Waals surface area contributed by atoms with Crippen molar-refractivity contribution in [3.05, 3.63) is 78.4 Å². The maximum Gasteiger partial charge on any atom is 0.326 e. The minimum absolute atomic E-state index is 0.0795. The highest BCUT2D eigenvalue weighted by Crippen LogP contribution is 2.16. The first-order valence-corrected chi connectivity index (χ1v) is 9.82. The molecule has 6 heteroatoms. The summed E-state index contributed by atoms with van der Waals surface area (Å²) in [5, 5.41) is 13.8. The number of rotatable bonds is 7. The second-order valence-electron chi connectivity index (χ2n) is 6.08. The Morgan fingerprint density at radius 1 is 0.926 bits per heavy atom. The lowest BCUT2D eigenvalue weighted by Crippen LogP contribution is -2.41. The number of hydrogen-bond acceptors (Lipinski definition) is 3. The molecule has 3 aromatic carbocycles. The van der Waals surface area contributed by atoms with Crippen LogP contribution in [0.5, 0.6) is 0 Å². The van der Waals surface area contributed by atoms with Crippen LogP contribution in [0.15, 0.2) is 77.7 Å². The van der Waals surface area contributed by atoms with Gasteiger partial charge in [-0.3, -0.25) is 9.00 Å². The van der Waals surface area contributed by atoms with Gasteiger partial charge in [0.2, 0.25) is 0 Å². The van der Waals surface area contributed by atoms with E-state index in [2.05, 4.69) is 5.32 Å². The van der Waals surface area contributed by atoms with Crippen LogP contribution in [0, 0.1) is 0 Å². The Morgan fingerprint density at radius 3 is 2.30 bits per heavy atom. The van der Waals surface area contributed by atoms with Crippen molar-refractivity contribution in [2.24, 2.45) is 0 Å². The molecule has 2 atom stereocenters. The van der Waals surface area contributed by atoms with E-state index in [0.717, 1.165) is 10.8 Å². The Balaban J connectivity index is 1.67. The van der Waals surface area contributed by atoms with Gasteiger partial charge in [-0.05, 0) is 41.5 Å². The van der Waals surface area contributed by atoms with Gasteiger partial charge in [0.25, 0.3) is 5.91 Å². The fourth-order valence-corrected chi connectivity index (χ4v) is 3.89. The van der Waals surface area contributed by atoms with Crippen LogP contribution >= 0.6 is 0 Å². The van der Waals surface area contributed by atoms with Crippen molar-refractivity contribution in [3.63, 3.8) is 0 Å². The van der Waals surface area contributed by atoms with Crippen molar-refractivity contribution in [2.75, 3.05) is 5.75 Å². The summed E-state index contributed by atoms with van der Waals surface area (Å²) in [7, 11) is -1.31. The molecule has 0 radical (unpaired) electrons. The second kappa shape index (κ2) is 8.60. The third-order valence-electron chi connectivity index (χ3n) is 4.21. The molecule has 0 aliphatic rings. The van der Waals surface area contributed by atoms with Crippen LogP contribution in [0.2, 0.25) is 0 Å². The normalized spacial score (nSPS) is 13.0. The Bertz CT molecular complexity index is 988. The minimum atomic E-state index is -1.31. The monoisotopic (exact) mass is 381 g/mol. The molecule has 27 heavy (non-hydrogen) atoms. The van der Waals surface area contributed by atoms with Crippen LogP contribution in [0.25, 0.3) is 10.8 Å². The number of carboxylic acids is 1. The molecule has 0 saturated carbocycles. The van der Waals surface area contributed by atoms with Crippen LogP contribution in [0.3, 0.4) is 0 Å². The lowest BCUT2D eigenvalue weighted by atomic mass is 10.1. The van der Waals surface area contributed by atoms with E-state index >= 15 is 0 Å². The van der Waals surface area contributed by atoms with E-state index in [4.69, 9.17) is 0 Å². The molecule has 0 aromatic heterocycles. The molecule has 0 unspecified atom stereocenters. The van der Waals surface area contributed by atoms with E-state index in [-0.39, 0.29) is 12.2 Å². The first-order chi connectivity index (χ1) is 13.0. The van der Waals surface area contributed by atoms with Crippen molar-refractivity contribution in [1.29, 1.82) is 0 Å². The number of carbonyl (C=O) groups is 2. The summed E-state index contributed by atoms with van der Waals surface area (Å²) in [5.41, 5.74) is 0.393. The lowest BCUT2D eigenvalue weighted by molar-refractivity contribution is -0.139. The van der Waals surface area contributed by atoms with E-state index in [0.29, 0.717) is 10.5 Å². The van der Waals surface area contributed by atoms with Crippen molar-refractivity contribution < 1.29 is 18.9 Å². The smallest absolute Gasteiger partial charge is 0.326 e. The second-order valence-corrected chi connectivity index (χ2v) is 7.65. The summed E-state index contributed by atoms with van der Waals surface area (Å²) in [6.07, 6.45) is 0.0795. The fourth-order valence-electron chi connectivity index (χ4n) is 2.74. The third-order valence-corrected chi connectivity index (χ3v) is 5.62. The highest BCUT2D eigenvalue weighted by Gasteiger charge is 2.22. The van der Waals surface area contributed by atoms with E-state index in [1.165, 1.54) is 0 Å². The van der Waals surface area contributed by atoms with E-state index < -0.39 is 28.7 Å². The molecule has 1 amide bonds. The zero-order chi connectivity index (χ0) is 19.2. The van der Waals surface area contributed by atoms with Crippen molar-refractivity contribution in [2.45, 2.75) is 17.4 Å². The molecule has 3 aromatic rings. The molecule has 0 spiro atoms.